The van der Waals surface area contributed by atoms with E-state index < -0.39 is 0 Å². The maximum absolute atomic E-state index is 12.1. The molecular formula is C16H28N4O. The van der Waals surface area contributed by atoms with Crippen LogP contribution in [0.25, 0.3) is 0 Å². The Labute approximate surface area is 128 Å². The zero-order valence-corrected chi connectivity index (χ0v) is 13.5. The van der Waals surface area contributed by atoms with Crippen LogP contribution in [-0.4, -0.2) is 29.0 Å². The van der Waals surface area contributed by atoms with Crippen molar-refractivity contribution in [1.82, 2.24) is 15.3 Å². The molecule has 5 heteroatoms. The topological polar surface area (TPSA) is 66.9 Å². The van der Waals surface area contributed by atoms with Crippen LogP contribution in [0.4, 0.5) is 5.82 Å². The molecule has 118 valence electrons. The number of carbonyl (C=O) groups is 1. The fourth-order valence-corrected chi connectivity index (χ4v) is 2.03. The lowest BCUT2D eigenvalue weighted by molar-refractivity contribution is 0.0947. The highest BCUT2D eigenvalue weighted by Gasteiger charge is 2.09. The van der Waals surface area contributed by atoms with Crippen LogP contribution < -0.4 is 10.6 Å². The van der Waals surface area contributed by atoms with Crippen LogP contribution in [0.2, 0.25) is 0 Å². The number of anilines is 1. The number of nitrogens with one attached hydrogen (secondary N) is 2. The van der Waals surface area contributed by atoms with Gasteiger partial charge in [0.15, 0.2) is 0 Å². The van der Waals surface area contributed by atoms with E-state index >= 15 is 0 Å². The van der Waals surface area contributed by atoms with Gasteiger partial charge in [-0.25, -0.2) is 9.97 Å². The van der Waals surface area contributed by atoms with Crippen molar-refractivity contribution in [3.05, 3.63) is 17.6 Å². The molecule has 0 aromatic carbocycles. The van der Waals surface area contributed by atoms with Gasteiger partial charge in [-0.2, -0.15) is 0 Å². The molecule has 0 saturated heterocycles. The Kier molecular flexibility index (Phi) is 8.40. The molecule has 0 saturated carbocycles. The fourth-order valence-electron chi connectivity index (χ4n) is 2.03. The Morgan fingerprint density at radius 3 is 2.38 bits per heavy atom. The summed E-state index contributed by atoms with van der Waals surface area (Å²) in [5.74, 6) is 1.24. The normalized spacial score (nSPS) is 10.4. The molecule has 2 N–H and O–H groups in total. The summed E-state index contributed by atoms with van der Waals surface area (Å²) < 4.78 is 0. The van der Waals surface area contributed by atoms with Crippen molar-refractivity contribution in [3.63, 3.8) is 0 Å². The number of nitrogens with zero attached hydrogens (tertiary/aromatic N) is 2. The third kappa shape index (κ3) is 7.06. The third-order valence-corrected chi connectivity index (χ3v) is 3.22. The summed E-state index contributed by atoms with van der Waals surface area (Å²) in [6, 6.07) is 1.73. The molecule has 0 radical (unpaired) electrons. The second-order valence-corrected chi connectivity index (χ2v) is 5.28. The zero-order valence-electron chi connectivity index (χ0n) is 13.5. The SMILES string of the molecule is CCCCCNC(=O)c1cc(NCCCCC)nc(C)n1. The first kappa shape index (κ1) is 17.4. The molecule has 0 atom stereocenters. The Balaban J connectivity index is 2.53. The molecular weight excluding hydrogens is 264 g/mol. The number of hydrogen-bond acceptors (Lipinski definition) is 4. The van der Waals surface area contributed by atoms with Crippen molar-refractivity contribution >= 4 is 11.7 Å². The van der Waals surface area contributed by atoms with Gasteiger partial charge in [-0.3, -0.25) is 4.79 Å². The molecule has 5 nitrogen and oxygen atoms in total. The van der Waals surface area contributed by atoms with Crippen LogP contribution >= 0.6 is 0 Å². The summed E-state index contributed by atoms with van der Waals surface area (Å²) in [6.07, 6.45) is 6.78. The minimum atomic E-state index is -0.117. The summed E-state index contributed by atoms with van der Waals surface area (Å²) in [7, 11) is 0. The van der Waals surface area contributed by atoms with E-state index in [1.807, 2.05) is 6.92 Å². The van der Waals surface area contributed by atoms with Gasteiger partial charge in [0.1, 0.15) is 17.3 Å². The summed E-state index contributed by atoms with van der Waals surface area (Å²) in [4.78, 5) is 20.6. The molecule has 1 amide bonds. The van der Waals surface area contributed by atoms with Gasteiger partial charge in [0.2, 0.25) is 0 Å². The molecule has 21 heavy (non-hydrogen) atoms. The lowest BCUT2D eigenvalue weighted by atomic mass is 10.2. The van der Waals surface area contributed by atoms with Crippen molar-refractivity contribution in [3.8, 4) is 0 Å². The molecule has 1 aromatic rings. The molecule has 1 rings (SSSR count). The first-order valence-corrected chi connectivity index (χ1v) is 8.05. The van der Waals surface area contributed by atoms with Crippen LogP contribution in [0.3, 0.4) is 0 Å². The van der Waals surface area contributed by atoms with Gasteiger partial charge in [0, 0.05) is 19.2 Å². The summed E-state index contributed by atoms with van der Waals surface area (Å²) in [6.45, 7) is 7.71. The average Bonchev–Trinajstić information content (AvgIpc) is 2.47. The maximum Gasteiger partial charge on any atom is 0.270 e. The molecule has 0 aliphatic carbocycles. The van der Waals surface area contributed by atoms with Gasteiger partial charge in [-0.15, -0.1) is 0 Å². The number of hydrogen-bond donors (Lipinski definition) is 2. The number of amides is 1. The highest BCUT2D eigenvalue weighted by Crippen LogP contribution is 2.07. The van der Waals surface area contributed by atoms with Crippen LogP contribution in [0, 0.1) is 6.92 Å². The van der Waals surface area contributed by atoms with Crippen molar-refractivity contribution in [2.45, 2.75) is 59.3 Å². The Morgan fingerprint density at radius 2 is 1.71 bits per heavy atom. The van der Waals surface area contributed by atoms with E-state index in [0.717, 1.165) is 38.0 Å². The van der Waals surface area contributed by atoms with E-state index in [2.05, 4.69) is 34.4 Å². The average molecular weight is 292 g/mol. The van der Waals surface area contributed by atoms with E-state index in [-0.39, 0.29) is 5.91 Å². The molecule has 0 unspecified atom stereocenters. The molecule has 0 aliphatic rings. The zero-order chi connectivity index (χ0) is 15.5. The number of aryl methyl sites for hydroxylation is 1. The summed E-state index contributed by atoms with van der Waals surface area (Å²) in [5, 5.41) is 6.17. The lowest BCUT2D eigenvalue weighted by Gasteiger charge is -2.09. The maximum atomic E-state index is 12.1. The largest absolute Gasteiger partial charge is 0.370 e. The number of rotatable bonds is 10. The van der Waals surface area contributed by atoms with Gasteiger partial charge in [-0.1, -0.05) is 39.5 Å². The second kappa shape index (κ2) is 10.1. The van der Waals surface area contributed by atoms with Crippen molar-refractivity contribution in [1.29, 1.82) is 0 Å². The minimum Gasteiger partial charge on any atom is -0.370 e. The summed E-state index contributed by atoms with van der Waals surface area (Å²) in [5.41, 5.74) is 0.442. The molecule has 0 aliphatic heterocycles. The van der Waals surface area contributed by atoms with E-state index in [1.54, 1.807) is 6.07 Å². The monoisotopic (exact) mass is 292 g/mol. The lowest BCUT2D eigenvalue weighted by Crippen LogP contribution is -2.26. The number of carbonyl (C=O) groups excluding carboxylic acids is 1. The van der Waals surface area contributed by atoms with Gasteiger partial charge in [-0.05, 0) is 19.8 Å². The Morgan fingerprint density at radius 1 is 1.05 bits per heavy atom. The van der Waals surface area contributed by atoms with Gasteiger partial charge in [0.25, 0.3) is 5.91 Å². The van der Waals surface area contributed by atoms with E-state index in [9.17, 15) is 4.79 Å². The Bertz CT molecular complexity index is 434. The minimum absolute atomic E-state index is 0.117. The van der Waals surface area contributed by atoms with E-state index in [1.165, 1.54) is 12.8 Å². The highest BCUT2D eigenvalue weighted by atomic mass is 16.1. The molecule has 1 heterocycles. The predicted molar refractivity (Wildman–Crippen MR) is 86.6 cm³/mol. The Hall–Kier alpha value is -1.65. The molecule has 0 bridgehead atoms. The van der Waals surface area contributed by atoms with E-state index in [4.69, 9.17) is 0 Å². The number of unbranched alkanes of at least 4 members (excludes halogenated alkanes) is 4. The third-order valence-electron chi connectivity index (χ3n) is 3.22. The second-order valence-electron chi connectivity index (χ2n) is 5.28. The van der Waals surface area contributed by atoms with Gasteiger partial charge in [0.05, 0.1) is 0 Å². The smallest absolute Gasteiger partial charge is 0.270 e. The van der Waals surface area contributed by atoms with Gasteiger partial charge < -0.3 is 10.6 Å². The van der Waals surface area contributed by atoms with Crippen LogP contribution in [0.5, 0.6) is 0 Å². The van der Waals surface area contributed by atoms with Crippen molar-refractivity contribution < 1.29 is 4.79 Å². The van der Waals surface area contributed by atoms with E-state index in [0.29, 0.717) is 18.1 Å². The fraction of sp³-hybridized carbons (Fsp3) is 0.688. The van der Waals surface area contributed by atoms with Crippen LogP contribution in [0.15, 0.2) is 6.07 Å². The predicted octanol–water partition coefficient (Wildman–Crippen LogP) is 3.31. The van der Waals surface area contributed by atoms with Crippen LogP contribution in [-0.2, 0) is 0 Å². The highest BCUT2D eigenvalue weighted by molar-refractivity contribution is 5.92. The quantitative estimate of drug-likeness (QED) is 0.649. The first-order chi connectivity index (χ1) is 10.2. The first-order valence-electron chi connectivity index (χ1n) is 8.05. The summed E-state index contributed by atoms with van der Waals surface area (Å²) >= 11 is 0. The molecule has 0 fully saturated rings. The number of aromatic nitrogens is 2. The molecule has 0 spiro atoms. The van der Waals surface area contributed by atoms with Crippen molar-refractivity contribution in [2.24, 2.45) is 0 Å². The van der Waals surface area contributed by atoms with Crippen LogP contribution in [0.1, 0.15) is 68.7 Å². The standard InChI is InChI=1S/C16H28N4O/c1-4-6-8-10-17-15-12-14(19-13(3)20-15)16(21)18-11-9-7-5-2/h12H,4-11H2,1-3H3,(H,18,21)(H,17,19,20). The van der Waals surface area contributed by atoms with Crippen molar-refractivity contribution in [2.75, 3.05) is 18.4 Å². The molecule has 1 aromatic heterocycles. The van der Waals surface area contributed by atoms with Gasteiger partial charge >= 0.3 is 0 Å².